The van der Waals surface area contributed by atoms with E-state index in [9.17, 15) is 0 Å². The first kappa shape index (κ1) is 13.2. The molecule has 10 aliphatic heterocycles. The van der Waals surface area contributed by atoms with E-state index in [1.807, 2.05) is 0 Å². The fourth-order valence-electron chi connectivity index (χ4n) is 20.0. The van der Waals surface area contributed by atoms with Crippen molar-refractivity contribution in [2.75, 3.05) is 20.6 Å². The first-order valence-electron chi connectivity index (χ1n) is 10.9. The maximum absolute atomic E-state index is 3.02. The Kier molecular flexibility index (Phi) is 0.738. The van der Waals surface area contributed by atoms with Crippen molar-refractivity contribution in [2.24, 2.45) is 0 Å². The first-order valence-corrected chi connectivity index (χ1v) is 18.6. The van der Waals surface area contributed by atoms with Crippen LogP contribution >= 0.6 is 7.92 Å². The third kappa shape index (κ3) is 0.227. The van der Waals surface area contributed by atoms with Gasteiger partial charge in [0, 0.05) is 0 Å². The molecule has 0 saturated carbocycles. The monoisotopic (exact) mass is 401 g/mol. The minimum atomic E-state index is -3.02. The molecule has 1 spiro atoms. The van der Waals surface area contributed by atoms with Crippen LogP contribution in [0.4, 0.5) is 0 Å². The quantitative estimate of drug-likeness (QED) is 0.372. The summed E-state index contributed by atoms with van der Waals surface area (Å²) in [6.07, 6.45) is 0. The van der Waals surface area contributed by atoms with Crippen LogP contribution in [0, 0.1) is 0 Å². The van der Waals surface area contributed by atoms with Gasteiger partial charge in [-0.15, -0.1) is 0 Å². The number of rotatable bonds is 4. The average Bonchev–Trinajstić information content (AvgIpc) is 3.36. The summed E-state index contributed by atoms with van der Waals surface area (Å²) in [6.45, 7) is 14.1. The van der Waals surface area contributed by atoms with E-state index in [0.717, 1.165) is 9.97 Å². The van der Waals surface area contributed by atoms with Crippen molar-refractivity contribution in [3.05, 3.63) is 0 Å². The number of hydrogen-bond acceptors (Lipinski definition) is 1. The van der Waals surface area contributed by atoms with E-state index in [2.05, 4.69) is 60.5 Å². The topological polar surface area (TPSA) is 3.24 Å². The fraction of sp³-hybridized carbons (Fsp3) is 1.00. The SMILES string of the molecule is CN(C)CC(P(C(C)(C)C)C(C)(C)C)[C]12[CH]3[CH]4[CH]5[CH]1[Fe]45321678[CH]2[CH]1[CH]6[CH]7[CH]28. The van der Waals surface area contributed by atoms with E-state index in [1.165, 1.54) is 49.9 Å². The molecule has 3 heteroatoms. The van der Waals surface area contributed by atoms with E-state index in [4.69, 9.17) is 0 Å². The van der Waals surface area contributed by atoms with Crippen LogP contribution in [0.15, 0.2) is 0 Å². The predicted molar refractivity (Wildman–Crippen MR) is 105 cm³/mol. The molecule has 0 aromatic rings. The summed E-state index contributed by atoms with van der Waals surface area (Å²) in [5.41, 5.74) is 1.10. The van der Waals surface area contributed by atoms with Crippen molar-refractivity contribution in [3.8, 4) is 0 Å². The van der Waals surface area contributed by atoms with Gasteiger partial charge in [0.25, 0.3) is 0 Å². The zero-order valence-corrected chi connectivity index (χ0v) is 19.2. The van der Waals surface area contributed by atoms with Crippen LogP contribution < -0.4 is 0 Å². The average molecular weight is 401 g/mol. The van der Waals surface area contributed by atoms with E-state index in [1.54, 1.807) is 0 Å². The Morgan fingerprint density at radius 2 is 1.20 bits per heavy atom. The third-order valence-electron chi connectivity index (χ3n) is 17.6. The Hall–Kier alpha value is 0.909. The van der Waals surface area contributed by atoms with Crippen LogP contribution in [0.1, 0.15) is 41.5 Å². The Balaban J connectivity index is 1.28. The van der Waals surface area contributed by atoms with Crippen molar-refractivity contribution in [3.63, 3.8) is 0 Å². The van der Waals surface area contributed by atoms with E-state index < -0.39 is 6.51 Å². The molecule has 5 unspecified atom stereocenters. The van der Waals surface area contributed by atoms with Crippen molar-refractivity contribution in [1.82, 2.24) is 4.90 Å². The summed E-state index contributed by atoms with van der Waals surface area (Å²) in [7, 11) is 4.82. The molecule has 25 heavy (non-hydrogen) atoms. The Labute approximate surface area is 145 Å². The van der Waals surface area contributed by atoms with Gasteiger partial charge in [-0.1, -0.05) is 0 Å². The Bertz CT molecular complexity index is 1080. The van der Waals surface area contributed by atoms with E-state index >= 15 is 0 Å². The molecule has 5 atom stereocenters. The molecule has 0 aliphatic carbocycles. The van der Waals surface area contributed by atoms with Crippen molar-refractivity contribution in [2.45, 2.75) is 105 Å². The summed E-state index contributed by atoms with van der Waals surface area (Å²) >= 11 is 0. The first-order chi connectivity index (χ1) is 11.2. The second-order valence-electron chi connectivity index (χ2n) is 16.2. The molecule has 10 fully saturated rings. The number of nitrogens with zero attached hydrogens (tertiary/aromatic N) is 1. The van der Waals surface area contributed by atoms with Gasteiger partial charge in [0.05, 0.1) is 0 Å². The van der Waals surface area contributed by atoms with Crippen LogP contribution in [-0.2, 0) is 6.51 Å². The van der Waals surface area contributed by atoms with Gasteiger partial charge < -0.3 is 0 Å². The molecule has 10 heterocycles. The van der Waals surface area contributed by atoms with Crippen LogP contribution in [0.2, 0.25) is 47.7 Å². The van der Waals surface area contributed by atoms with Crippen molar-refractivity contribution in [1.29, 1.82) is 0 Å². The fourth-order valence-corrected chi connectivity index (χ4v) is 103. The molecule has 1 nitrogen and oxygen atoms in total. The molecule has 0 radical (unpaired) electrons. The Morgan fingerprint density at radius 3 is 1.40 bits per heavy atom. The normalized spacial score (nSPS) is 88.2. The van der Waals surface area contributed by atoms with Gasteiger partial charge in [0.15, 0.2) is 0 Å². The molecule has 0 aromatic heterocycles. The van der Waals surface area contributed by atoms with Crippen molar-refractivity contribution >= 4 is 7.92 Å². The maximum atomic E-state index is 2.61. The number of fused-ring (bicyclic) bond motifs is 10. The summed E-state index contributed by atoms with van der Waals surface area (Å²) in [4.78, 5) is 15.9. The van der Waals surface area contributed by atoms with Gasteiger partial charge in [-0.2, -0.15) is 0 Å². The van der Waals surface area contributed by atoms with Crippen LogP contribution in [0.3, 0.4) is 0 Å². The zero-order chi connectivity index (χ0) is 17.5. The summed E-state index contributed by atoms with van der Waals surface area (Å²) in [6, 6.07) is 0. The van der Waals surface area contributed by atoms with Crippen molar-refractivity contribution < 1.29 is 6.51 Å². The van der Waals surface area contributed by atoms with Crippen LogP contribution in [-0.4, -0.2) is 41.5 Å². The van der Waals surface area contributed by atoms with Gasteiger partial charge in [-0.3, -0.25) is 0 Å². The Morgan fingerprint density at radius 1 is 0.800 bits per heavy atom. The second-order valence-corrected chi connectivity index (χ2v) is 43.9. The molecule has 10 aliphatic rings. The number of hydrogen-bond donors (Lipinski definition) is 0. The standard InChI is InChI=1S/C17H31NP.C5H5.Fe/c1-16(2,3)19(17(4,5)6)15(13-18(7)8)14-11-9-10-12-14;1-2-4-5-3-1;/h9-12,15H,13H2,1-8H3;1-5H;. The minimum absolute atomic E-state index is 0.0486. The van der Waals surface area contributed by atoms with Gasteiger partial charge in [0.2, 0.25) is 0 Å². The molecule has 142 valence electrons. The van der Waals surface area contributed by atoms with E-state index in [0.29, 0.717) is 10.3 Å². The third-order valence-corrected chi connectivity index (χ3v) is 64.6. The molecule has 0 bridgehead atoms. The van der Waals surface area contributed by atoms with Gasteiger partial charge in [-0.25, -0.2) is 0 Å². The zero-order valence-electron chi connectivity index (χ0n) is 17.2. The molecule has 0 amide bonds. The molecular formula is C22H36FeNP. The van der Waals surface area contributed by atoms with Crippen LogP contribution in [0.5, 0.6) is 0 Å². The van der Waals surface area contributed by atoms with Gasteiger partial charge >= 0.3 is 145 Å². The molecule has 10 saturated heterocycles. The second kappa shape index (κ2) is 1.40. The molecular weight excluding hydrogens is 365 g/mol. The molecule has 10 rings (SSSR count). The molecule has 0 aromatic carbocycles. The summed E-state index contributed by atoms with van der Waals surface area (Å²) in [5.74, 6) is 0. The molecule has 0 N–H and O–H groups in total. The summed E-state index contributed by atoms with van der Waals surface area (Å²) in [5, 5.41) is 1.02. The van der Waals surface area contributed by atoms with Crippen LogP contribution in [0.25, 0.3) is 0 Å². The van der Waals surface area contributed by atoms with Gasteiger partial charge in [-0.05, 0) is 0 Å². The predicted octanol–water partition coefficient (Wildman–Crippen LogP) is 6.75. The van der Waals surface area contributed by atoms with E-state index in [-0.39, 0.29) is 7.92 Å². The van der Waals surface area contributed by atoms with Gasteiger partial charge in [0.1, 0.15) is 0 Å². The summed E-state index contributed by atoms with van der Waals surface area (Å²) < 4.78 is 1.07.